The first-order valence-corrected chi connectivity index (χ1v) is 17.1. The number of pyridine rings is 1. The summed E-state index contributed by atoms with van der Waals surface area (Å²) >= 11 is 6.41. The molecule has 0 aliphatic carbocycles. The smallest absolute Gasteiger partial charge is 0.255 e. The number of carbonyl (C=O) groups is 1. The number of benzene rings is 2. The predicted octanol–water partition coefficient (Wildman–Crippen LogP) is 7.18. The predicted molar refractivity (Wildman–Crippen MR) is 180 cm³/mol. The summed E-state index contributed by atoms with van der Waals surface area (Å²) in [5.74, 6) is 0.826. The third-order valence-corrected chi connectivity index (χ3v) is 8.58. The number of aryl methyl sites for hydroxylation is 2. The molecule has 0 unspecified atom stereocenters. The number of rotatable bonds is 21. The van der Waals surface area contributed by atoms with Crippen LogP contribution in [-0.2, 0) is 20.1 Å². The van der Waals surface area contributed by atoms with Crippen molar-refractivity contribution in [3.05, 3.63) is 94.3 Å². The van der Waals surface area contributed by atoms with Gasteiger partial charge in [-0.25, -0.2) is 4.57 Å². The number of aromatic nitrogens is 1. The standard InChI is InChI=1S/C38H54ClN2O2.HI/c1-4-5-6-7-8-9-10-11-12-13-14-15-16-19-28-43-35-23-22-34(32(2)29-35)31-41(30-33-24-26-40(3)27-25-33)38(42)36-20-17-18-21-37(36)39;/h17-18,20-27,29H,4-16,19,28,30-31H2,1-3H3;1H/q+1;/p-1. The van der Waals surface area contributed by atoms with E-state index in [1.807, 2.05) is 59.2 Å². The lowest BCUT2D eigenvalue weighted by atomic mass is 10.0. The summed E-state index contributed by atoms with van der Waals surface area (Å²) < 4.78 is 8.08. The van der Waals surface area contributed by atoms with E-state index in [9.17, 15) is 4.79 Å². The first kappa shape index (κ1) is 38.1. The van der Waals surface area contributed by atoms with Crippen LogP contribution in [0.1, 0.15) is 124 Å². The van der Waals surface area contributed by atoms with E-state index >= 15 is 0 Å². The normalized spacial score (nSPS) is 10.8. The highest BCUT2D eigenvalue weighted by atomic mass is 127. The van der Waals surface area contributed by atoms with Crippen molar-refractivity contribution in [1.82, 2.24) is 4.90 Å². The van der Waals surface area contributed by atoms with Gasteiger partial charge in [-0.3, -0.25) is 4.79 Å². The molecule has 44 heavy (non-hydrogen) atoms. The van der Waals surface area contributed by atoms with E-state index in [4.69, 9.17) is 16.3 Å². The molecule has 1 amide bonds. The van der Waals surface area contributed by atoms with Crippen molar-refractivity contribution in [2.45, 2.75) is 117 Å². The van der Waals surface area contributed by atoms with Gasteiger partial charge in [-0.05, 0) is 54.3 Å². The fourth-order valence-electron chi connectivity index (χ4n) is 5.49. The number of ether oxygens (including phenoxy) is 1. The monoisotopic (exact) mass is 732 g/mol. The second kappa shape index (κ2) is 22.4. The fraction of sp³-hybridized carbons (Fsp3) is 0.526. The molecule has 0 bridgehead atoms. The maximum atomic E-state index is 13.6. The highest BCUT2D eigenvalue weighted by molar-refractivity contribution is 6.33. The minimum atomic E-state index is -0.0728. The molecule has 0 atom stereocenters. The van der Waals surface area contributed by atoms with Crippen LogP contribution in [0.3, 0.4) is 0 Å². The van der Waals surface area contributed by atoms with Gasteiger partial charge in [-0.2, -0.15) is 0 Å². The van der Waals surface area contributed by atoms with Gasteiger partial charge < -0.3 is 33.6 Å². The Morgan fingerprint density at radius 1 is 0.773 bits per heavy atom. The van der Waals surface area contributed by atoms with Crippen LogP contribution in [0, 0.1) is 6.92 Å². The zero-order chi connectivity index (χ0) is 30.7. The molecule has 0 radical (unpaired) electrons. The van der Waals surface area contributed by atoms with Crippen LogP contribution in [0.4, 0.5) is 0 Å². The number of hydrogen-bond donors (Lipinski definition) is 0. The summed E-state index contributed by atoms with van der Waals surface area (Å²) in [7, 11) is 1.99. The van der Waals surface area contributed by atoms with Gasteiger partial charge in [0.25, 0.3) is 5.91 Å². The molecule has 6 heteroatoms. The fourth-order valence-corrected chi connectivity index (χ4v) is 5.71. The van der Waals surface area contributed by atoms with E-state index in [2.05, 4.69) is 26.0 Å². The number of hydrogen-bond acceptors (Lipinski definition) is 2. The Morgan fingerprint density at radius 2 is 1.34 bits per heavy atom. The molecular formula is C38H54ClIN2O2. The second-order valence-electron chi connectivity index (χ2n) is 12.0. The van der Waals surface area contributed by atoms with Crippen LogP contribution in [0.25, 0.3) is 0 Å². The lowest BCUT2D eigenvalue weighted by Crippen LogP contribution is -3.00. The highest BCUT2D eigenvalue weighted by Crippen LogP contribution is 2.24. The molecule has 242 valence electrons. The molecule has 0 aliphatic heterocycles. The lowest BCUT2D eigenvalue weighted by molar-refractivity contribution is -0.671. The van der Waals surface area contributed by atoms with Gasteiger partial charge >= 0.3 is 0 Å². The molecule has 0 spiro atoms. The van der Waals surface area contributed by atoms with Gasteiger partial charge in [0.2, 0.25) is 0 Å². The van der Waals surface area contributed by atoms with Gasteiger partial charge in [-0.15, -0.1) is 0 Å². The van der Waals surface area contributed by atoms with Crippen molar-refractivity contribution in [2.75, 3.05) is 6.61 Å². The Labute approximate surface area is 289 Å². The van der Waals surface area contributed by atoms with Crippen LogP contribution in [0.2, 0.25) is 5.02 Å². The van der Waals surface area contributed by atoms with Crippen molar-refractivity contribution in [3.8, 4) is 5.75 Å². The molecule has 3 rings (SSSR count). The minimum Gasteiger partial charge on any atom is -1.00 e. The molecule has 4 nitrogen and oxygen atoms in total. The third-order valence-electron chi connectivity index (χ3n) is 8.25. The minimum absolute atomic E-state index is 0. The second-order valence-corrected chi connectivity index (χ2v) is 12.5. The number of unbranched alkanes of at least 4 members (excludes halogenated alkanes) is 13. The largest absolute Gasteiger partial charge is 1.00 e. The van der Waals surface area contributed by atoms with Crippen molar-refractivity contribution in [1.29, 1.82) is 0 Å². The number of amides is 1. The van der Waals surface area contributed by atoms with Crippen LogP contribution in [0.5, 0.6) is 5.75 Å². The molecule has 1 aromatic heterocycles. The van der Waals surface area contributed by atoms with E-state index in [0.29, 0.717) is 23.7 Å². The van der Waals surface area contributed by atoms with Gasteiger partial charge in [0.1, 0.15) is 12.8 Å². The van der Waals surface area contributed by atoms with Gasteiger partial charge in [0, 0.05) is 25.2 Å². The highest BCUT2D eigenvalue weighted by Gasteiger charge is 2.20. The molecule has 0 saturated carbocycles. The zero-order valence-corrected chi connectivity index (χ0v) is 30.3. The number of carbonyl (C=O) groups excluding carboxylic acids is 1. The van der Waals surface area contributed by atoms with Crippen LogP contribution >= 0.6 is 11.6 Å². The number of halogens is 2. The summed E-state index contributed by atoms with van der Waals surface area (Å²) in [6, 6.07) is 17.6. The van der Waals surface area contributed by atoms with Crippen LogP contribution < -0.4 is 33.3 Å². The lowest BCUT2D eigenvalue weighted by Gasteiger charge is -2.24. The Balaban J connectivity index is 0.00000675. The maximum Gasteiger partial charge on any atom is 0.255 e. The Hall–Kier alpha value is -2.12. The molecule has 0 N–H and O–H groups in total. The average molecular weight is 733 g/mol. The SMILES string of the molecule is CCCCCCCCCCCCCCCCOc1ccc(CN(Cc2cc[n+](C)cc2)C(=O)c2ccccc2Cl)c(C)c1.[I-]. The van der Waals surface area contributed by atoms with Crippen molar-refractivity contribution < 1.29 is 38.1 Å². The molecule has 1 heterocycles. The summed E-state index contributed by atoms with van der Waals surface area (Å²) in [5.41, 5.74) is 3.82. The van der Waals surface area contributed by atoms with E-state index < -0.39 is 0 Å². The molecule has 2 aromatic carbocycles. The third kappa shape index (κ3) is 14.3. The zero-order valence-electron chi connectivity index (χ0n) is 27.3. The van der Waals surface area contributed by atoms with Crippen LogP contribution in [0.15, 0.2) is 67.0 Å². The topological polar surface area (TPSA) is 33.4 Å². The van der Waals surface area contributed by atoms with Gasteiger partial charge in [0.15, 0.2) is 12.4 Å². The molecule has 3 aromatic rings. The Kier molecular flexibility index (Phi) is 19.4. The number of nitrogens with zero attached hydrogens (tertiary/aromatic N) is 2. The maximum absolute atomic E-state index is 13.6. The molecular weight excluding hydrogens is 679 g/mol. The van der Waals surface area contributed by atoms with Gasteiger partial charge in [0.05, 0.1) is 17.2 Å². The van der Waals surface area contributed by atoms with E-state index in [-0.39, 0.29) is 29.9 Å². The quantitative estimate of drug-likeness (QED) is 0.0661. The van der Waals surface area contributed by atoms with E-state index in [1.165, 1.54) is 83.5 Å². The van der Waals surface area contributed by atoms with Crippen LogP contribution in [-0.4, -0.2) is 17.4 Å². The van der Waals surface area contributed by atoms with E-state index in [1.54, 1.807) is 12.1 Å². The van der Waals surface area contributed by atoms with Crippen molar-refractivity contribution in [2.24, 2.45) is 7.05 Å². The summed E-state index contributed by atoms with van der Waals surface area (Å²) in [4.78, 5) is 15.5. The van der Waals surface area contributed by atoms with Gasteiger partial charge in [-0.1, -0.05) is 120 Å². The first-order valence-electron chi connectivity index (χ1n) is 16.7. The molecule has 0 fully saturated rings. The summed E-state index contributed by atoms with van der Waals surface area (Å²) in [6.45, 7) is 6.12. The Bertz CT molecular complexity index is 1220. The first-order chi connectivity index (χ1) is 21.0. The average Bonchev–Trinajstić information content (AvgIpc) is 3.01. The van der Waals surface area contributed by atoms with Crippen molar-refractivity contribution >= 4 is 17.5 Å². The molecule has 0 saturated heterocycles. The van der Waals surface area contributed by atoms with E-state index in [0.717, 1.165) is 35.5 Å². The summed E-state index contributed by atoms with van der Waals surface area (Å²) in [6.07, 6.45) is 23.0. The summed E-state index contributed by atoms with van der Waals surface area (Å²) in [5, 5.41) is 0.473. The van der Waals surface area contributed by atoms with Crippen molar-refractivity contribution in [3.63, 3.8) is 0 Å². The molecule has 0 aliphatic rings. The Morgan fingerprint density at radius 3 is 1.91 bits per heavy atom.